The van der Waals surface area contributed by atoms with Gasteiger partial charge in [-0.2, -0.15) is 0 Å². The Balaban J connectivity index is 2.24. The molecule has 0 unspecified atom stereocenters. The summed E-state index contributed by atoms with van der Waals surface area (Å²) in [7, 11) is 0. The van der Waals surface area contributed by atoms with Crippen LogP contribution in [0.25, 0.3) is 0 Å². The lowest BCUT2D eigenvalue weighted by Crippen LogP contribution is -2.04. The predicted molar refractivity (Wildman–Crippen MR) is 80.5 cm³/mol. The molecule has 0 saturated heterocycles. The van der Waals surface area contributed by atoms with Crippen LogP contribution in [0.4, 0.5) is 0 Å². The van der Waals surface area contributed by atoms with Gasteiger partial charge in [0.25, 0.3) is 0 Å². The second-order valence-electron chi connectivity index (χ2n) is 4.30. The van der Waals surface area contributed by atoms with Crippen LogP contribution in [0.5, 0.6) is 11.5 Å². The summed E-state index contributed by atoms with van der Waals surface area (Å²) in [5.41, 5.74) is 7.95. The lowest BCUT2D eigenvalue weighted by Gasteiger charge is -2.11. The average Bonchev–Trinajstić information content (AvgIpc) is 2.37. The molecule has 4 heteroatoms. The molecule has 0 aliphatic rings. The summed E-state index contributed by atoms with van der Waals surface area (Å²) < 4.78 is 5.76. The standard InChI is InChI=1S/C15H15Cl2NO/c1-10-8-13(4-2-11(10)6-7-18)19-15-9-12(16)3-5-14(15)17/h2-5,8-9H,6-7,18H2,1H3. The van der Waals surface area contributed by atoms with Gasteiger partial charge in [-0.25, -0.2) is 0 Å². The van der Waals surface area contributed by atoms with Gasteiger partial charge in [0.05, 0.1) is 5.02 Å². The van der Waals surface area contributed by atoms with Crippen molar-refractivity contribution in [3.05, 3.63) is 57.6 Å². The normalized spacial score (nSPS) is 10.5. The highest BCUT2D eigenvalue weighted by molar-refractivity contribution is 6.34. The van der Waals surface area contributed by atoms with E-state index in [1.165, 1.54) is 5.56 Å². The van der Waals surface area contributed by atoms with Gasteiger partial charge in [-0.05, 0) is 55.3 Å². The van der Waals surface area contributed by atoms with E-state index in [1.54, 1.807) is 18.2 Å². The van der Waals surface area contributed by atoms with Gasteiger partial charge in [-0.1, -0.05) is 29.3 Å². The van der Waals surface area contributed by atoms with E-state index in [0.717, 1.165) is 17.7 Å². The smallest absolute Gasteiger partial charge is 0.147 e. The highest BCUT2D eigenvalue weighted by Crippen LogP contribution is 2.32. The van der Waals surface area contributed by atoms with Gasteiger partial charge < -0.3 is 10.5 Å². The van der Waals surface area contributed by atoms with Gasteiger partial charge in [-0.3, -0.25) is 0 Å². The summed E-state index contributed by atoms with van der Waals surface area (Å²) in [5.74, 6) is 1.29. The summed E-state index contributed by atoms with van der Waals surface area (Å²) in [6.07, 6.45) is 0.865. The second kappa shape index (κ2) is 6.29. The Labute approximate surface area is 123 Å². The Kier molecular flexibility index (Phi) is 4.70. The van der Waals surface area contributed by atoms with Crippen molar-refractivity contribution in [3.63, 3.8) is 0 Å². The first-order valence-electron chi connectivity index (χ1n) is 6.02. The Hall–Kier alpha value is -1.22. The Morgan fingerprint density at radius 1 is 1.11 bits per heavy atom. The zero-order chi connectivity index (χ0) is 13.8. The average molecular weight is 296 g/mol. The minimum atomic E-state index is 0.535. The molecule has 0 saturated carbocycles. The number of nitrogens with two attached hydrogens (primary N) is 1. The van der Waals surface area contributed by atoms with Gasteiger partial charge >= 0.3 is 0 Å². The molecule has 2 aromatic carbocycles. The van der Waals surface area contributed by atoms with E-state index in [1.807, 2.05) is 25.1 Å². The zero-order valence-electron chi connectivity index (χ0n) is 10.6. The third kappa shape index (κ3) is 3.63. The van der Waals surface area contributed by atoms with Gasteiger partial charge in [0.2, 0.25) is 0 Å². The molecular weight excluding hydrogens is 281 g/mol. The Morgan fingerprint density at radius 3 is 2.58 bits per heavy atom. The maximum Gasteiger partial charge on any atom is 0.147 e. The molecule has 19 heavy (non-hydrogen) atoms. The Morgan fingerprint density at radius 2 is 1.89 bits per heavy atom. The van der Waals surface area contributed by atoms with E-state index in [-0.39, 0.29) is 0 Å². The van der Waals surface area contributed by atoms with E-state index in [0.29, 0.717) is 22.3 Å². The number of hydrogen-bond acceptors (Lipinski definition) is 2. The number of halogens is 2. The fourth-order valence-corrected chi connectivity index (χ4v) is 2.17. The molecule has 100 valence electrons. The van der Waals surface area contributed by atoms with Crippen LogP contribution in [0, 0.1) is 6.92 Å². The van der Waals surface area contributed by atoms with Crippen molar-refractivity contribution in [2.24, 2.45) is 5.73 Å². The summed E-state index contributed by atoms with van der Waals surface area (Å²) in [6, 6.07) is 11.1. The maximum absolute atomic E-state index is 6.07. The number of aryl methyl sites for hydroxylation is 1. The lowest BCUT2D eigenvalue weighted by atomic mass is 10.1. The maximum atomic E-state index is 6.07. The molecule has 0 atom stereocenters. The summed E-state index contributed by atoms with van der Waals surface area (Å²) >= 11 is 12.0. The molecule has 0 spiro atoms. The molecule has 0 fully saturated rings. The first-order chi connectivity index (χ1) is 9.10. The van der Waals surface area contributed by atoms with Crippen LogP contribution in [0.2, 0.25) is 10.0 Å². The van der Waals surface area contributed by atoms with Crippen LogP contribution >= 0.6 is 23.2 Å². The zero-order valence-corrected chi connectivity index (χ0v) is 12.1. The molecule has 2 N–H and O–H groups in total. The third-order valence-corrected chi connectivity index (χ3v) is 3.40. The van der Waals surface area contributed by atoms with Crippen molar-refractivity contribution < 1.29 is 4.74 Å². The quantitative estimate of drug-likeness (QED) is 0.895. The molecule has 2 nitrogen and oxygen atoms in total. The van der Waals surface area contributed by atoms with Crippen molar-refractivity contribution in [2.75, 3.05) is 6.54 Å². The topological polar surface area (TPSA) is 35.2 Å². The fraction of sp³-hybridized carbons (Fsp3) is 0.200. The lowest BCUT2D eigenvalue weighted by molar-refractivity contribution is 0.482. The molecule has 0 radical (unpaired) electrons. The van der Waals surface area contributed by atoms with E-state index in [4.69, 9.17) is 33.7 Å². The van der Waals surface area contributed by atoms with Gasteiger partial charge in [0, 0.05) is 11.1 Å². The molecule has 2 rings (SSSR count). The largest absolute Gasteiger partial charge is 0.456 e. The van der Waals surface area contributed by atoms with E-state index >= 15 is 0 Å². The highest BCUT2D eigenvalue weighted by Gasteiger charge is 2.06. The second-order valence-corrected chi connectivity index (χ2v) is 5.15. The van der Waals surface area contributed by atoms with Crippen molar-refractivity contribution in [1.82, 2.24) is 0 Å². The monoisotopic (exact) mass is 295 g/mol. The molecule has 0 aromatic heterocycles. The number of rotatable bonds is 4. The first-order valence-corrected chi connectivity index (χ1v) is 6.78. The van der Waals surface area contributed by atoms with E-state index in [2.05, 4.69) is 0 Å². The summed E-state index contributed by atoms with van der Waals surface area (Å²) in [5, 5.41) is 1.13. The van der Waals surface area contributed by atoms with Crippen LogP contribution in [-0.2, 0) is 6.42 Å². The Bertz CT molecular complexity index is 584. The van der Waals surface area contributed by atoms with Crippen LogP contribution in [0.1, 0.15) is 11.1 Å². The third-order valence-electron chi connectivity index (χ3n) is 2.85. The summed E-state index contributed by atoms with van der Waals surface area (Å²) in [6.45, 7) is 2.68. The molecular formula is C15H15Cl2NO. The van der Waals surface area contributed by atoms with Gasteiger partial charge in [0.15, 0.2) is 0 Å². The van der Waals surface area contributed by atoms with Crippen molar-refractivity contribution >= 4 is 23.2 Å². The van der Waals surface area contributed by atoms with Crippen molar-refractivity contribution in [2.45, 2.75) is 13.3 Å². The summed E-state index contributed by atoms with van der Waals surface area (Å²) in [4.78, 5) is 0. The molecule has 2 aromatic rings. The number of hydrogen-bond donors (Lipinski definition) is 1. The minimum Gasteiger partial charge on any atom is -0.456 e. The fourth-order valence-electron chi connectivity index (χ4n) is 1.85. The van der Waals surface area contributed by atoms with Crippen LogP contribution in [0.3, 0.4) is 0 Å². The van der Waals surface area contributed by atoms with Crippen LogP contribution < -0.4 is 10.5 Å². The minimum absolute atomic E-state index is 0.535. The van der Waals surface area contributed by atoms with Crippen molar-refractivity contribution in [3.8, 4) is 11.5 Å². The molecule has 0 aliphatic carbocycles. The van der Waals surface area contributed by atoms with Crippen molar-refractivity contribution in [1.29, 1.82) is 0 Å². The number of ether oxygens (including phenoxy) is 1. The van der Waals surface area contributed by atoms with Crippen LogP contribution in [-0.4, -0.2) is 6.54 Å². The number of benzene rings is 2. The molecule has 0 amide bonds. The highest BCUT2D eigenvalue weighted by atomic mass is 35.5. The van der Waals surface area contributed by atoms with E-state index in [9.17, 15) is 0 Å². The SMILES string of the molecule is Cc1cc(Oc2cc(Cl)ccc2Cl)ccc1CCN. The predicted octanol–water partition coefficient (Wildman–Crippen LogP) is 4.60. The molecule has 0 aliphatic heterocycles. The van der Waals surface area contributed by atoms with E-state index < -0.39 is 0 Å². The molecule has 0 heterocycles. The van der Waals surface area contributed by atoms with Gasteiger partial charge in [0.1, 0.15) is 11.5 Å². The first kappa shape index (κ1) is 14.2. The van der Waals surface area contributed by atoms with Crippen LogP contribution in [0.15, 0.2) is 36.4 Å². The van der Waals surface area contributed by atoms with Gasteiger partial charge in [-0.15, -0.1) is 0 Å². The molecule has 0 bridgehead atoms.